The third-order valence-corrected chi connectivity index (χ3v) is 6.78. The molecule has 0 N–H and O–H groups in total. The van der Waals surface area contributed by atoms with E-state index in [-0.39, 0.29) is 46.4 Å². The number of methoxy groups -OCH3 is 2. The maximum atomic E-state index is 11.1. The number of esters is 3. The van der Waals surface area contributed by atoms with Crippen LogP contribution in [0, 0.1) is 34.5 Å². The van der Waals surface area contributed by atoms with Crippen molar-refractivity contribution in [1.82, 2.24) is 0 Å². The highest BCUT2D eigenvalue weighted by molar-refractivity contribution is 5.77. The lowest BCUT2D eigenvalue weighted by atomic mass is 10.1. The Morgan fingerprint density at radius 3 is 1.45 bits per heavy atom. The van der Waals surface area contributed by atoms with Crippen molar-refractivity contribution in [2.24, 2.45) is 34.5 Å². The predicted octanol–water partition coefficient (Wildman–Crippen LogP) is 3.19. The molecule has 0 radical (unpaired) electrons. The molecular weight excluding hydrogens is 376 g/mol. The van der Waals surface area contributed by atoms with Crippen LogP contribution < -0.4 is 0 Å². The average Bonchev–Trinajstić information content (AvgIpc) is 3.34. The van der Waals surface area contributed by atoms with Crippen molar-refractivity contribution in [2.75, 3.05) is 20.8 Å². The van der Waals surface area contributed by atoms with Crippen LogP contribution in [0.15, 0.2) is 0 Å². The molecule has 0 aromatic rings. The van der Waals surface area contributed by atoms with Gasteiger partial charge in [0.1, 0.15) is 5.78 Å². The summed E-state index contributed by atoms with van der Waals surface area (Å²) >= 11 is 0. The minimum Gasteiger partial charge on any atom is -0.469 e. The van der Waals surface area contributed by atoms with Gasteiger partial charge in [-0.15, -0.1) is 0 Å². The summed E-state index contributed by atoms with van der Waals surface area (Å²) in [5, 5.41) is 0. The van der Waals surface area contributed by atoms with Crippen LogP contribution in [-0.2, 0) is 33.4 Å². The van der Waals surface area contributed by atoms with Gasteiger partial charge in [0.15, 0.2) is 0 Å². The first-order valence-corrected chi connectivity index (χ1v) is 10.0. The second kappa shape index (κ2) is 9.72. The summed E-state index contributed by atoms with van der Waals surface area (Å²) in [4.78, 5) is 43.8. The number of carbonyl (C=O) groups is 4. The SMILES string of the molecule is COC(=O)C[C@@H]1[C@H](CC(C)=O)C1(C)C.COC(=O)C[C@@H]1[C@H](COC(C)=O)C1(C)C. The number of ketones is 1. The van der Waals surface area contributed by atoms with Gasteiger partial charge in [-0.2, -0.15) is 0 Å². The van der Waals surface area contributed by atoms with E-state index in [1.54, 1.807) is 6.92 Å². The quantitative estimate of drug-likeness (QED) is 0.446. The third-order valence-electron chi connectivity index (χ3n) is 6.78. The Hall–Kier alpha value is -1.92. The molecule has 166 valence electrons. The average molecular weight is 413 g/mol. The van der Waals surface area contributed by atoms with E-state index in [0.29, 0.717) is 37.7 Å². The largest absolute Gasteiger partial charge is 0.469 e. The van der Waals surface area contributed by atoms with E-state index < -0.39 is 0 Å². The van der Waals surface area contributed by atoms with Crippen LogP contribution in [-0.4, -0.2) is 44.5 Å². The lowest BCUT2D eigenvalue weighted by Crippen LogP contribution is -2.06. The molecule has 2 fully saturated rings. The van der Waals surface area contributed by atoms with Crippen molar-refractivity contribution < 1.29 is 33.4 Å². The van der Waals surface area contributed by atoms with Gasteiger partial charge in [0.05, 0.1) is 20.8 Å². The molecule has 0 aliphatic heterocycles. The van der Waals surface area contributed by atoms with Crippen LogP contribution in [0.1, 0.15) is 60.8 Å². The normalized spacial score (nSPS) is 27.6. The van der Waals surface area contributed by atoms with Crippen LogP contribution in [0.3, 0.4) is 0 Å². The molecule has 0 amide bonds. The summed E-state index contributed by atoms with van der Waals surface area (Å²) in [6.07, 6.45) is 1.45. The smallest absolute Gasteiger partial charge is 0.305 e. The van der Waals surface area contributed by atoms with E-state index in [9.17, 15) is 19.2 Å². The Morgan fingerprint density at radius 1 is 0.690 bits per heavy atom. The zero-order valence-electron chi connectivity index (χ0n) is 19.0. The minimum absolute atomic E-state index is 0.0731. The molecule has 0 bridgehead atoms. The minimum atomic E-state index is -0.269. The Balaban J connectivity index is 0.000000291. The fourth-order valence-corrected chi connectivity index (χ4v) is 4.30. The number of hydrogen-bond acceptors (Lipinski definition) is 7. The summed E-state index contributed by atoms with van der Waals surface area (Å²) in [6.45, 7) is 11.8. The molecule has 4 atom stereocenters. The van der Waals surface area contributed by atoms with Crippen molar-refractivity contribution in [3.8, 4) is 0 Å². The summed E-state index contributed by atoms with van der Waals surface area (Å²) in [5.41, 5.74) is 0.198. The van der Waals surface area contributed by atoms with Crippen LogP contribution >= 0.6 is 0 Å². The van der Waals surface area contributed by atoms with Gasteiger partial charge >= 0.3 is 17.9 Å². The maximum Gasteiger partial charge on any atom is 0.305 e. The van der Waals surface area contributed by atoms with E-state index in [1.807, 2.05) is 0 Å². The lowest BCUT2D eigenvalue weighted by Gasteiger charge is -2.02. The molecule has 0 heterocycles. The number of ether oxygens (including phenoxy) is 3. The van der Waals surface area contributed by atoms with E-state index >= 15 is 0 Å². The number of Topliss-reactive ketones (excluding diaryl/α,β-unsaturated/α-hetero) is 1. The van der Waals surface area contributed by atoms with Crippen molar-refractivity contribution in [1.29, 1.82) is 0 Å². The van der Waals surface area contributed by atoms with Gasteiger partial charge in [-0.1, -0.05) is 27.7 Å². The first-order valence-electron chi connectivity index (χ1n) is 10.0. The molecule has 2 aliphatic carbocycles. The summed E-state index contributed by atoms with van der Waals surface area (Å²) in [7, 11) is 2.79. The highest BCUT2D eigenvalue weighted by Gasteiger charge is 2.59. The van der Waals surface area contributed by atoms with Gasteiger partial charge in [0, 0.05) is 32.1 Å². The standard InChI is InChI=1S/C11H18O4.C11H18O3/c1-7(12)15-6-9-8(11(9,2)3)5-10(13)14-4;1-7(12)5-8-9(11(8,2)3)6-10(13)14-4/h8-9H,5-6H2,1-4H3;8-9H,5-6H2,1-4H3/t2*8-,9+/m10/s1. The number of hydrogen-bond donors (Lipinski definition) is 0. The zero-order valence-corrected chi connectivity index (χ0v) is 19.0. The van der Waals surface area contributed by atoms with Crippen molar-refractivity contribution in [3.05, 3.63) is 0 Å². The first-order chi connectivity index (χ1) is 13.3. The zero-order chi connectivity index (χ0) is 22.6. The predicted molar refractivity (Wildman–Crippen MR) is 107 cm³/mol. The molecule has 0 aromatic heterocycles. The Labute approximate surface area is 173 Å². The second-order valence-corrected chi connectivity index (χ2v) is 9.34. The maximum absolute atomic E-state index is 11.1. The molecule has 2 saturated carbocycles. The van der Waals surface area contributed by atoms with E-state index in [2.05, 4.69) is 37.2 Å². The van der Waals surface area contributed by atoms with Gasteiger partial charge in [-0.05, 0) is 35.5 Å². The molecule has 7 nitrogen and oxygen atoms in total. The molecular formula is C22H36O7. The van der Waals surface area contributed by atoms with Gasteiger partial charge in [0.2, 0.25) is 0 Å². The summed E-state index contributed by atoms with van der Waals surface area (Å²) in [5.74, 6) is 0.792. The molecule has 7 heteroatoms. The van der Waals surface area contributed by atoms with Gasteiger partial charge < -0.3 is 19.0 Å². The third kappa shape index (κ3) is 6.82. The van der Waals surface area contributed by atoms with Crippen LogP contribution in [0.5, 0.6) is 0 Å². The molecule has 0 unspecified atom stereocenters. The van der Waals surface area contributed by atoms with Gasteiger partial charge in [-0.3, -0.25) is 14.4 Å². The lowest BCUT2D eigenvalue weighted by molar-refractivity contribution is -0.142. The van der Waals surface area contributed by atoms with Gasteiger partial charge in [0.25, 0.3) is 0 Å². The van der Waals surface area contributed by atoms with Crippen LogP contribution in [0.25, 0.3) is 0 Å². The van der Waals surface area contributed by atoms with E-state index in [4.69, 9.17) is 4.74 Å². The van der Waals surface area contributed by atoms with Crippen LogP contribution in [0.2, 0.25) is 0 Å². The first kappa shape index (κ1) is 25.1. The van der Waals surface area contributed by atoms with Crippen molar-refractivity contribution in [3.63, 3.8) is 0 Å². The van der Waals surface area contributed by atoms with Crippen molar-refractivity contribution >= 4 is 23.7 Å². The Kier molecular flexibility index (Phi) is 8.42. The molecule has 0 aromatic carbocycles. The Bertz CT molecular complexity index is 635. The summed E-state index contributed by atoms with van der Waals surface area (Å²) < 4.78 is 14.2. The molecule has 0 saturated heterocycles. The molecule has 2 rings (SSSR count). The number of rotatable bonds is 8. The monoisotopic (exact) mass is 412 g/mol. The van der Waals surface area contributed by atoms with E-state index in [1.165, 1.54) is 21.1 Å². The highest BCUT2D eigenvalue weighted by atomic mass is 16.5. The van der Waals surface area contributed by atoms with Crippen molar-refractivity contribution in [2.45, 2.75) is 60.8 Å². The highest BCUT2D eigenvalue weighted by Crippen LogP contribution is 2.61. The second-order valence-electron chi connectivity index (χ2n) is 9.34. The Morgan fingerprint density at radius 2 is 1.07 bits per heavy atom. The van der Waals surface area contributed by atoms with Crippen LogP contribution in [0.4, 0.5) is 0 Å². The fourth-order valence-electron chi connectivity index (χ4n) is 4.30. The topological polar surface area (TPSA) is 96.0 Å². The number of carbonyl (C=O) groups excluding carboxylic acids is 4. The molecule has 2 aliphatic rings. The molecule has 29 heavy (non-hydrogen) atoms. The van der Waals surface area contributed by atoms with Gasteiger partial charge in [-0.25, -0.2) is 0 Å². The summed E-state index contributed by atoms with van der Waals surface area (Å²) in [6, 6.07) is 0. The fraction of sp³-hybridized carbons (Fsp3) is 0.818. The molecule has 0 spiro atoms. The van der Waals surface area contributed by atoms with E-state index in [0.717, 1.165) is 0 Å².